The fourth-order valence-corrected chi connectivity index (χ4v) is 2.59. The molecule has 1 aliphatic rings. The summed E-state index contributed by atoms with van der Waals surface area (Å²) in [4.78, 5) is 6.83. The number of aromatic nitrogens is 1. The molecular weight excluding hydrogens is 226 g/mol. The van der Waals surface area contributed by atoms with E-state index in [0.29, 0.717) is 11.9 Å². The number of rotatable bonds is 5. The highest BCUT2D eigenvalue weighted by Gasteiger charge is 2.21. The van der Waals surface area contributed by atoms with Gasteiger partial charge >= 0.3 is 0 Å². The number of nitrogens with zero attached hydrogens (tertiary/aromatic N) is 2. The minimum atomic E-state index is 0.658. The van der Waals surface area contributed by atoms with E-state index < -0.39 is 0 Å². The van der Waals surface area contributed by atoms with Gasteiger partial charge in [-0.05, 0) is 32.0 Å². The number of likely N-dealkylation sites (N-methyl/N-ethyl adjacent to an activating group) is 1. The zero-order chi connectivity index (χ0) is 12.8. The van der Waals surface area contributed by atoms with Crippen molar-refractivity contribution in [1.29, 1.82) is 0 Å². The molecule has 1 N–H and O–H groups in total. The van der Waals surface area contributed by atoms with Gasteiger partial charge in [-0.3, -0.25) is 4.90 Å². The zero-order valence-electron chi connectivity index (χ0n) is 11.4. The quantitative estimate of drug-likeness (QED) is 0.861. The molecule has 0 radical (unpaired) electrons. The average Bonchev–Trinajstić information content (AvgIpc) is 2.42. The number of pyridine rings is 1. The first-order chi connectivity index (χ1) is 8.83. The lowest BCUT2D eigenvalue weighted by Crippen LogP contribution is -2.44. The number of piperidine rings is 1. The Morgan fingerprint density at radius 1 is 1.44 bits per heavy atom. The maximum atomic E-state index is 5.08. The molecule has 1 saturated heterocycles. The van der Waals surface area contributed by atoms with Crippen LogP contribution in [0.1, 0.15) is 24.8 Å². The van der Waals surface area contributed by atoms with Crippen molar-refractivity contribution < 1.29 is 4.74 Å². The van der Waals surface area contributed by atoms with Gasteiger partial charge in [0.1, 0.15) is 0 Å². The highest BCUT2D eigenvalue weighted by molar-refractivity contribution is 5.17. The van der Waals surface area contributed by atoms with Crippen LogP contribution in [-0.4, -0.2) is 43.2 Å². The van der Waals surface area contributed by atoms with Gasteiger partial charge in [0.25, 0.3) is 0 Å². The maximum absolute atomic E-state index is 5.08. The first-order valence-corrected chi connectivity index (χ1v) is 6.71. The van der Waals surface area contributed by atoms with Crippen molar-refractivity contribution in [3.8, 4) is 5.88 Å². The van der Waals surface area contributed by atoms with Crippen molar-refractivity contribution in [2.24, 2.45) is 0 Å². The molecule has 4 nitrogen and oxygen atoms in total. The molecule has 0 aromatic carbocycles. The Kier molecular flexibility index (Phi) is 4.96. The van der Waals surface area contributed by atoms with Gasteiger partial charge in [-0.15, -0.1) is 0 Å². The van der Waals surface area contributed by atoms with E-state index in [0.717, 1.165) is 13.1 Å². The van der Waals surface area contributed by atoms with Gasteiger partial charge in [0.15, 0.2) is 0 Å². The van der Waals surface area contributed by atoms with Gasteiger partial charge in [-0.25, -0.2) is 4.98 Å². The van der Waals surface area contributed by atoms with Crippen LogP contribution in [0.5, 0.6) is 5.88 Å². The molecule has 100 valence electrons. The lowest BCUT2D eigenvalue weighted by atomic mass is 10.0. The van der Waals surface area contributed by atoms with E-state index in [1.54, 1.807) is 7.11 Å². The summed E-state index contributed by atoms with van der Waals surface area (Å²) >= 11 is 0. The Bertz CT molecular complexity index is 351. The summed E-state index contributed by atoms with van der Waals surface area (Å²) in [6.07, 6.45) is 5.88. The molecule has 1 atom stereocenters. The van der Waals surface area contributed by atoms with Crippen LogP contribution in [0.25, 0.3) is 0 Å². The summed E-state index contributed by atoms with van der Waals surface area (Å²) in [7, 11) is 3.68. The third-order valence-corrected chi connectivity index (χ3v) is 3.58. The summed E-state index contributed by atoms with van der Waals surface area (Å²) in [5.41, 5.74) is 1.26. The molecule has 0 aliphatic carbocycles. The summed E-state index contributed by atoms with van der Waals surface area (Å²) < 4.78 is 5.08. The highest BCUT2D eigenvalue weighted by Crippen LogP contribution is 2.19. The van der Waals surface area contributed by atoms with Crippen LogP contribution < -0.4 is 10.1 Å². The van der Waals surface area contributed by atoms with Gasteiger partial charge in [0.2, 0.25) is 5.88 Å². The number of methoxy groups -OCH3 is 1. The molecule has 4 heteroatoms. The predicted octanol–water partition coefficient (Wildman–Crippen LogP) is 1.66. The van der Waals surface area contributed by atoms with E-state index in [1.165, 1.54) is 31.4 Å². The molecule has 0 spiro atoms. The largest absolute Gasteiger partial charge is 0.481 e. The van der Waals surface area contributed by atoms with Crippen molar-refractivity contribution in [2.45, 2.75) is 31.8 Å². The van der Waals surface area contributed by atoms with Gasteiger partial charge in [-0.1, -0.05) is 12.5 Å². The molecule has 2 heterocycles. The smallest absolute Gasteiger partial charge is 0.212 e. The van der Waals surface area contributed by atoms with E-state index >= 15 is 0 Å². The number of nitrogens with one attached hydrogen (secondary N) is 1. The first kappa shape index (κ1) is 13.3. The van der Waals surface area contributed by atoms with Crippen LogP contribution in [0, 0.1) is 0 Å². The molecule has 1 unspecified atom stereocenters. The minimum absolute atomic E-state index is 0.658. The van der Waals surface area contributed by atoms with Gasteiger partial charge in [0.05, 0.1) is 7.11 Å². The fraction of sp³-hybridized carbons (Fsp3) is 0.643. The standard InChI is InChI=1S/C14H23N3O/c1-15-10-13-5-3-4-8-17(13)11-12-6-7-14(18-2)16-9-12/h6-7,9,13,15H,3-5,8,10-11H2,1-2H3. The van der Waals surface area contributed by atoms with Crippen molar-refractivity contribution in [2.75, 3.05) is 27.2 Å². The van der Waals surface area contributed by atoms with Crippen molar-refractivity contribution in [3.05, 3.63) is 23.9 Å². The number of ether oxygens (including phenoxy) is 1. The molecule has 1 aromatic heterocycles. The van der Waals surface area contributed by atoms with E-state index in [1.807, 2.05) is 19.3 Å². The molecule has 0 bridgehead atoms. The Hall–Kier alpha value is -1.13. The normalized spacial score (nSPS) is 20.9. The van der Waals surface area contributed by atoms with E-state index in [-0.39, 0.29) is 0 Å². The highest BCUT2D eigenvalue weighted by atomic mass is 16.5. The molecular formula is C14H23N3O. The van der Waals surface area contributed by atoms with E-state index in [4.69, 9.17) is 4.74 Å². The zero-order valence-corrected chi connectivity index (χ0v) is 11.4. The molecule has 1 fully saturated rings. The second-order valence-corrected chi connectivity index (χ2v) is 4.89. The van der Waals surface area contributed by atoms with Crippen LogP contribution >= 0.6 is 0 Å². The topological polar surface area (TPSA) is 37.4 Å². The minimum Gasteiger partial charge on any atom is -0.481 e. The van der Waals surface area contributed by atoms with Gasteiger partial charge in [0, 0.05) is 31.4 Å². The van der Waals surface area contributed by atoms with Crippen molar-refractivity contribution in [1.82, 2.24) is 15.2 Å². The van der Waals surface area contributed by atoms with Crippen molar-refractivity contribution in [3.63, 3.8) is 0 Å². The summed E-state index contributed by atoms with van der Waals surface area (Å²) in [6.45, 7) is 3.26. The molecule has 1 aliphatic heterocycles. The fourth-order valence-electron chi connectivity index (χ4n) is 2.59. The van der Waals surface area contributed by atoms with Crippen LogP contribution in [-0.2, 0) is 6.54 Å². The lowest BCUT2D eigenvalue weighted by molar-refractivity contribution is 0.139. The van der Waals surface area contributed by atoms with Crippen LogP contribution in [0.3, 0.4) is 0 Å². The SMILES string of the molecule is CNCC1CCCCN1Cc1ccc(OC)nc1. The molecule has 0 amide bonds. The third kappa shape index (κ3) is 3.43. The summed E-state index contributed by atoms with van der Waals surface area (Å²) in [5.74, 6) is 0.684. The second-order valence-electron chi connectivity index (χ2n) is 4.89. The van der Waals surface area contributed by atoms with Gasteiger partial charge in [-0.2, -0.15) is 0 Å². The molecule has 0 saturated carbocycles. The summed E-state index contributed by atoms with van der Waals surface area (Å²) in [6, 6.07) is 4.70. The van der Waals surface area contributed by atoms with Crippen LogP contribution in [0.4, 0.5) is 0 Å². The van der Waals surface area contributed by atoms with E-state index in [9.17, 15) is 0 Å². The average molecular weight is 249 g/mol. The van der Waals surface area contributed by atoms with Gasteiger partial charge < -0.3 is 10.1 Å². The molecule has 1 aromatic rings. The monoisotopic (exact) mass is 249 g/mol. The number of hydrogen-bond donors (Lipinski definition) is 1. The number of likely N-dealkylation sites (tertiary alicyclic amines) is 1. The Balaban J connectivity index is 1.96. The molecule has 18 heavy (non-hydrogen) atoms. The number of hydrogen-bond acceptors (Lipinski definition) is 4. The first-order valence-electron chi connectivity index (χ1n) is 6.71. The van der Waals surface area contributed by atoms with E-state index in [2.05, 4.69) is 21.3 Å². The van der Waals surface area contributed by atoms with Crippen LogP contribution in [0.2, 0.25) is 0 Å². The Labute approximate surface area is 109 Å². The Morgan fingerprint density at radius 3 is 3.00 bits per heavy atom. The third-order valence-electron chi connectivity index (χ3n) is 3.58. The molecule has 2 rings (SSSR count). The Morgan fingerprint density at radius 2 is 2.33 bits per heavy atom. The van der Waals surface area contributed by atoms with Crippen molar-refractivity contribution >= 4 is 0 Å². The second kappa shape index (κ2) is 6.71. The van der Waals surface area contributed by atoms with Crippen LogP contribution in [0.15, 0.2) is 18.3 Å². The maximum Gasteiger partial charge on any atom is 0.212 e. The lowest BCUT2D eigenvalue weighted by Gasteiger charge is -2.35. The predicted molar refractivity (Wildman–Crippen MR) is 72.8 cm³/mol. The summed E-state index contributed by atoms with van der Waals surface area (Å²) in [5, 5.41) is 3.29.